The van der Waals surface area contributed by atoms with Crippen molar-refractivity contribution in [2.45, 2.75) is 83.2 Å². The summed E-state index contributed by atoms with van der Waals surface area (Å²) in [5, 5.41) is 20.0. The van der Waals surface area contributed by atoms with Gasteiger partial charge in [0.1, 0.15) is 17.2 Å². The highest BCUT2D eigenvalue weighted by Gasteiger charge is 2.63. The molecule has 3 heterocycles. The maximum atomic E-state index is 13.2. The molecule has 2 N–H and O–H groups in total. The van der Waals surface area contributed by atoms with E-state index in [0.29, 0.717) is 25.8 Å². The molecule has 1 aromatic heterocycles. The van der Waals surface area contributed by atoms with Crippen molar-refractivity contribution >= 4 is 17.9 Å². The Hall–Kier alpha value is -2.69. The molecule has 3 atom stereocenters. The smallest absolute Gasteiger partial charge is 0.411 e. The lowest BCUT2D eigenvalue weighted by Gasteiger charge is -2.53. The number of nitrogens with one attached hydrogen (secondary N) is 1. The summed E-state index contributed by atoms with van der Waals surface area (Å²) in [5.74, 6) is -0.676. The SMILES string of the molecule is CCCC(C)(C)OC(=O)N1CCCC12CN([C@H](C(=O)NCc1nnco1)[C@@H](C)O)C2=O. The van der Waals surface area contributed by atoms with Gasteiger partial charge in [0.05, 0.1) is 19.2 Å². The second kappa shape index (κ2) is 8.81. The van der Waals surface area contributed by atoms with Crippen LogP contribution in [0.4, 0.5) is 4.79 Å². The molecule has 0 saturated carbocycles. The molecular formula is C20H31N5O6. The highest BCUT2D eigenvalue weighted by atomic mass is 16.6. The number of β-lactam (4-membered cyclic amide) rings is 1. The Morgan fingerprint density at radius 1 is 1.45 bits per heavy atom. The molecule has 2 fully saturated rings. The fourth-order valence-electron chi connectivity index (χ4n) is 4.46. The maximum Gasteiger partial charge on any atom is 0.411 e. The minimum absolute atomic E-state index is 0.0137. The Kier molecular flexibility index (Phi) is 6.54. The number of amides is 3. The number of rotatable bonds is 8. The quantitative estimate of drug-likeness (QED) is 0.570. The van der Waals surface area contributed by atoms with Crippen molar-refractivity contribution in [2.24, 2.45) is 0 Å². The predicted molar refractivity (Wildman–Crippen MR) is 107 cm³/mol. The Morgan fingerprint density at radius 2 is 2.19 bits per heavy atom. The van der Waals surface area contributed by atoms with Gasteiger partial charge in [-0.05, 0) is 40.0 Å². The molecule has 11 nitrogen and oxygen atoms in total. The molecular weight excluding hydrogens is 406 g/mol. The van der Waals surface area contributed by atoms with Crippen molar-refractivity contribution in [3.8, 4) is 0 Å². The minimum atomic E-state index is -1.10. The summed E-state index contributed by atoms with van der Waals surface area (Å²) < 4.78 is 10.7. The van der Waals surface area contributed by atoms with Crippen molar-refractivity contribution in [3.05, 3.63) is 12.3 Å². The van der Waals surface area contributed by atoms with E-state index in [2.05, 4.69) is 15.5 Å². The van der Waals surface area contributed by atoms with Crippen molar-refractivity contribution < 1.29 is 28.6 Å². The van der Waals surface area contributed by atoms with Crippen LogP contribution in [0.3, 0.4) is 0 Å². The van der Waals surface area contributed by atoms with Crippen LogP contribution < -0.4 is 5.32 Å². The number of hydrogen-bond donors (Lipinski definition) is 2. The second-order valence-electron chi connectivity index (χ2n) is 8.83. The molecule has 2 aliphatic heterocycles. The molecule has 1 spiro atoms. The molecule has 0 bridgehead atoms. The van der Waals surface area contributed by atoms with E-state index in [1.165, 1.54) is 16.7 Å². The number of carbonyl (C=O) groups excluding carboxylic acids is 3. The van der Waals surface area contributed by atoms with Crippen molar-refractivity contribution in [2.75, 3.05) is 13.1 Å². The summed E-state index contributed by atoms with van der Waals surface area (Å²) in [6.45, 7) is 7.73. The Morgan fingerprint density at radius 3 is 2.77 bits per heavy atom. The maximum absolute atomic E-state index is 13.2. The third-order valence-corrected chi connectivity index (χ3v) is 5.90. The number of aromatic nitrogens is 2. The van der Waals surface area contributed by atoms with E-state index in [4.69, 9.17) is 9.15 Å². The first-order valence-corrected chi connectivity index (χ1v) is 10.6. The number of hydrogen-bond acceptors (Lipinski definition) is 8. The van der Waals surface area contributed by atoms with Gasteiger partial charge in [-0.25, -0.2) is 4.79 Å². The van der Waals surface area contributed by atoms with Crippen LogP contribution in [-0.4, -0.2) is 79.4 Å². The first kappa shape index (κ1) is 23.0. The molecule has 2 saturated heterocycles. The molecule has 1 unspecified atom stereocenters. The van der Waals surface area contributed by atoms with Crippen LogP contribution in [0, 0.1) is 0 Å². The van der Waals surface area contributed by atoms with Gasteiger partial charge in [0.2, 0.25) is 18.2 Å². The second-order valence-corrected chi connectivity index (χ2v) is 8.83. The van der Waals surface area contributed by atoms with Gasteiger partial charge in [-0.15, -0.1) is 10.2 Å². The molecule has 3 amide bonds. The van der Waals surface area contributed by atoms with E-state index >= 15 is 0 Å². The van der Waals surface area contributed by atoms with E-state index in [-0.39, 0.29) is 24.9 Å². The standard InChI is InChI=1S/C20H31N5O6/c1-5-7-19(3,4)31-18(29)25-9-6-8-20(25)11-24(17(20)28)15(13(2)26)16(27)21-10-14-23-22-12-30-14/h12-13,15,26H,5-11H2,1-4H3,(H,21,27)/t13-,15+,20?/m1/s1. The van der Waals surface area contributed by atoms with Crippen LogP contribution in [0.5, 0.6) is 0 Å². The van der Waals surface area contributed by atoms with Crippen LogP contribution in [0.1, 0.15) is 59.3 Å². The molecule has 0 aliphatic carbocycles. The lowest BCUT2D eigenvalue weighted by atomic mass is 9.83. The molecule has 0 radical (unpaired) electrons. The zero-order valence-electron chi connectivity index (χ0n) is 18.5. The molecule has 31 heavy (non-hydrogen) atoms. The third kappa shape index (κ3) is 4.51. The molecule has 11 heteroatoms. The zero-order chi connectivity index (χ0) is 22.8. The van der Waals surface area contributed by atoms with Crippen molar-refractivity contribution in [1.29, 1.82) is 0 Å². The molecule has 2 aliphatic rings. The Bertz CT molecular complexity index is 811. The monoisotopic (exact) mass is 437 g/mol. The molecule has 0 aromatic carbocycles. The number of carbonyl (C=O) groups is 3. The van der Waals surface area contributed by atoms with E-state index in [1.807, 2.05) is 20.8 Å². The van der Waals surface area contributed by atoms with Crippen LogP contribution in [-0.2, 0) is 20.9 Å². The van der Waals surface area contributed by atoms with Gasteiger partial charge in [0, 0.05) is 6.54 Å². The molecule has 172 valence electrons. The first-order valence-electron chi connectivity index (χ1n) is 10.6. The minimum Gasteiger partial charge on any atom is -0.443 e. The van der Waals surface area contributed by atoms with Gasteiger partial charge in [-0.1, -0.05) is 13.3 Å². The topological polar surface area (TPSA) is 138 Å². The number of likely N-dealkylation sites (tertiary alicyclic amines) is 2. The number of ether oxygens (including phenoxy) is 1. The average Bonchev–Trinajstić information content (AvgIpc) is 3.36. The van der Waals surface area contributed by atoms with Gasteiger partial charge in [-0.3, -0.25) is 14.5 Å². The van der Waals surface area contributed by atoms with Gasteiger partial charge >= 0.3 is 6.09 Å². The van der Waals surface area contributed by atoms with Crippen LogP contribution in [0.15, 0.2) is 10.8 Å². The summed E-state index contributed by atoms with van der Waals surface area (Å²) in [6, 6.07) is -1.09. The predicted octanol–water partition coefficient (Wildman–Crippen LogP) is 0.827. The summed E-state index contributed by atoms with van der Waals surface area (Å²) in [6.07, 6.45) is 2.28. The van der Waals surface area contributed by atoms with E-state index in [9.17, 15) is 19.5 Å². The fraction of sp³-hybridized carbons (Fsp3) is 0.750. The van der Waals surface area contributed by atoms with Gasteiger partial charge in [0.15, 0.2) is 0 Å². The summed E-state index contributed by atoms with van der Waals surface area (Å²) in [5.41, 5.74) is -1.64. The third-order valence-electron chi connectivity index (χ3n) is 5.90. The first-order chi connectivity index (χ1) is 14.6. The number of aliphatic hydroxyl groups is 1. The number of nitrogens with zero attached hydrogens (tertiary/aromatic N) is 4. The molecule has 1 aromatic rings. The summed E-state index contributed by atoms with van der Waals surface area (Å²) in [7, 11) is 0. The highest BCUT2D eigenvalue weighted by Crippen LogP contribution is 2.41. The summed E-state index contributed by atoms with van der Waals surface area (Å²) in [4.78, 5) is 41.5. The largest absolute Gasteiger partial charge is 0.443 e. The number of aliphatic hydroxyl groups excluding tert-OH is 1. The van der Waals surface area contributed by atoms with Crippen LogP contribution in [0.2, 0.25) is 0 Å². The zero-order valence-corrected chi connectivity index (χ0v) is 18.5. The fourth-order valence-corrected chi connectivity index (χ4v) is 4.46. The highest BCUT2D eigenvalue weighted by molar-refractivity contribution is 5.99. The van der Waals surface area contributed by atoms with Crippen molar-refractivity contribution in [3.63, 3.8) is 0 Å². The van der Waals surface area contributed by atoms with Gasteiger partial charge in [-0.2, -0.15) is 0 Å². The van der Waals surface area contributed by atoms with Gasteiger partial charge < -0.3 is 24.5 Å². The Labute approximate surface area is 181 Å². The van der Waals surface area contributed by atoms with Gasteiger partial charge in [0.25, 0.3) is 5.91 Å². The lowest BCUT2D eigenvalue weighted by Crippen LogP contribution is -2.77. The molecule has 3 rings (SSSR count). The van der Waals surface area contributed by atoms with Crippen molar-refractivity contribution in [1.82, 2.24) is 25.3 Å². The van der Waals surface area contributed by atoms with E-state index in [0.717, 1.165) is 12.8 Å². The van der Waals surface area contributed by atoms with E-state index in [1.54, 1.807) is 0 Å². The van der Waals surface area contributed by atoms with Crippen LogP contribution in [0.25, 0.3) is 0 Å². The average molecular weight is 437 g/mol. The van der Waals surface area contributed by atoms with Crippen LogP contribution >= 0.6 is 0 Å². The van der Waals surface area contributed by atoms with E-state index < -0.39 is 35.3 Å². The summed E-state index contributed by atoms with van der Waals surface area (Å²) >= 11 is 0. The Balaban J connectivity index is 1.68. The normalized spacial score (nSPS) is 22.9. The lowest BCUT2D eigenvalue weighted by molar-refractivity contribution is -0.172.